The third-order valence-electron chi connectivity index (χ3n) is 7.30. The average molecular weight is 484 g/mol. The molecule has 3 amide bonds. The molecule has 4 aliphatic rings. The number of aryl methyl sites for hydroxylation is 1. The van der Waals surface area contributed by atoms with Gasteiger partial charge in [-0.05, 0) is 78.1 Å². The van der Waals surface area contributed by atoms with Gasteiger partial charge in [0.25, 0.3) is 0 Å². The van der Waals surface area contributed by atoms with Crippen molar-refractivity contribution in [3.8, 4) is 0 Å². The molecule has 4 atom stereocenters. The van der Waals surface area contributed by atoms with Crippen LogP contribution in [0.25, 0.3) is 0 Å². The first-order chi connectivity index (χ1) is 14.9. The Balaban J connectivity index is 1.57. The van der Waals surface area contributed by atoms with Crippen molar-refractivity contribution < 1.29 is 18.8 Å². The van der Waals surface area contributed by atoms with Gasteiger partial charge < -0.3 is 5.32 Å². The smallest absolute Gasteiger partial charge is 0.250 e. The molecule has 0 aromatic heterocycles. The lowest BCUT2D eigenvalue weighted by molar-refractivity contribution is -0.135. The molecule has 0 saturated carbocycles. The number of hydrogen-bond donors (Lipinski definition) is 1. The monoisotopic (exact) mass is 483 g/mol. The second-order valence-electron chi connectivity index (χ2n) is 8.78. The van der Waals surface area contributed by atoms with Gasteiger partial charge in [0.05, 0.1) is 17.5 Å². The van der Waals surface area contributed by atoms with Crippen LogP contribution in [0, 0.1) is 24.6 Å². The van der Waals surface area contributed by atoms with Crippen LogP contribution in [0.1, 0.15) is 24.0 Å². The van der Waals surface area contributed by atoms with Crippen molar-refractivity contribution in [2.45, 2.75) is 31.3 Å². The van der Waals surface area contributed by atoms with Gasteiger partial charge in [0, 0.05) is 21.8 Å². The first kappa shape index (κ1) is 19.1. The molecule has 2 aromatic rings. The van der Waals surface area contributed by atoms with E-state index in [9.17, 15) is 18.8 Å². The van der Waals surface area contributed by atoms with Crippen molar-refractivity contribution >= 4 is 45.0 Å². The zero-order valence-electron chi connectivity index (χ0n) is 16.7. The summed E-state index contributed by atoms with van der Waals surface area (Å²) in [7, 11) is 0. The molecule has 0 radical (unpaired) electrons. The Morgan fingerprint density at radius 2 is 1.94 bits per heavy atom. The molecule has 2 aromatic carbocycles. The van der Waals surface area contributed by atoms with Crippen LogP contribution in [0.2, 0.25) is 0 Å². The highest BCUT2D eigenvalue weighted by Crippen LogP contribution is 2.60. The van der Waals surface area contributed by atoms with Gasteiger partial charge in [-0.1, -0.05) is 6.07 Å². The number of amides is 3. The zero-order valence-corrected chi connectivity index (χ0v) is 18.3. The Labute approximate surface area is 186 Å². The summed E-state index contributed by atoms with van der Waals surface area (Å²) in [5, 5.41) is 2.85. The van der Waals surface area contributed by atoms with Crippen molar-refractivity contribution in [1.82, 2.24) is 4.90 Å². The summed E-state index contributed by atoms with van der Waals surface area (Å²) in [5.74, 6) is -3.03. The normalized spacial score (nSPS) is 31.4. The van der Waals surface area contributed by atoms with Crippen molar-refractivity contribution in [2.24, 2.45) is 11.8 Å². The minimum atomic E-state index is -1.36. The third kappa shape index (κ3) is 2.22. The van der Waals surface area contributed by atoms with Crippen LogP contribution in [0.3, 0.4) is 0 Å². The van der Waals surface area contributed by atoms with E-state index in [4.69, 9.17) is 0 Å². The number of rotatable bonds is 1. The maximum absolute atomic E-state index is 14.3. The van der Waals surface area contributed by atoms with E-state index in [0.717, 1.165) is 18.4 Å². The van der Waals surface area contributed by atoms with Crippen molar-refractivity contribution in [3.63, 3.8) is 0 Å². The molecule has 4 aliphatic heterocycles. The van der Waals surface area contributed by atoms with Crippen LogP contribution in [-0.4, -0.2) is 35.2 Å². The number of imide groups is 1. The number of nitrogens with one attached hydrogen (secondary N) is 1. The summed E-state index contributed by atoms with van der Waals surface area (Å²) in [4.78, 5) is 44.2. The Morgan fingerprint density at radius 3 is 2.71 bits per heavy atom. The van der Waals surface area contributed by atoms with E-state index >= 15 is 0 Å². The van der Waals surface area contributed by atoms with Crippen LogP contribution >= 0.6 is 15.9 Å². The molecule has 6 rings (SSSR count). The SMILES string of the molecule is Cc1ccc(N2C(=O)[C@H]3[C@@H](C2=O)[C@]2(C(=O)Nc4ccc(F)cc42)N2CCC[C@@H]32)c(Br)c1. The van der Waals surface area contributed by atoms with Gasteiger partial charge in [-0.3, -0.25) is 19.3 Å². The molecular formula is C23H19BrFN3O3. The summed E-state index contributed by atoms with van der Waals surface area (Å²) < 4.78 is 14.9. The maximum atomic E-state index is 14.3. The number of fused-ring (bicyclic) bond motifs is 7. The second kappa shape index (κ2) is 6.23. The van der Waals surface area contributed by atoms with Gasteiger partial charge in [0.15, 0.2) is 0 Å². The number of hydrogen-bond acceptors (Lipinski definition) is 4. The lowest BCUT2D eigenvalue weighted by Crippen LogP contribution is -2.54. The molecular weight excluding hydrogens is 465 g/mol. The lowest BCUT2D eigenvalue weighted by atomic mass is 9.75. The first-order valence-electron chi connectivity index (χ1n) is 10.4. The molecule has 158 valence electrons. The fourth-order valence-electron chi connectivity index (χ4n) is 6.21. The predicted octanol–water partition coefficient (Wildman–Crippen LogP) is 3.33. The Bertz CT molecular complexity index is 1200. The molecule has 3 fully saturated rings. The molecule has 0 aliphatic carbocycles. The van der Waals surface area contributed by atoms with E-state index in [1.54, 1.807) is 6.07 Å². The van der Waals surface area contributed by atoms with Crippen LogP contribution < -0.4 is 10.2 Å². The van der Waals surface area contributed by atoms with Crippen LogP contribution in [0.15, 0.2) is 40.9 Å². The fourth-order valence-corrected chi connectivity index (χ4v) is 6.88. The summed E-state index contributed by atoms with van der Waals surface area (Å²) in [6.07, 6.45) is 1.55. The van der Waals surface area contributed by atoms with E-state index in [1.165, 1.54) is 23.1 Å². The quantitative estimate of drug-likeness (QED) is 0.631. The number of anilines is 2. The van der Waals surface area contributed by atoms with E-state index in [-0.39, 0.29) is 17.9 Å². The molecule has 3 saturated heterocycles. The van der Waals surface area contributed by atoms with E-state index in [2.05, 4.69) is 21.2 Å². The Morgan fingerprint density at radius 1 is 1.13 bits per heavy atom. The maximum Gasteiger partial charge on any atom is 0.250 e. The van der Waals surface area contributed by atoms with E-state index in [1.807, 2.05) is 24.0 Å². The van der Waals surface area contributed by atoms with Gasteiger partial charge in [0.2, 0.25) is 17.7 Å². The van der Waals surface area contributed by atoms with Gasteiger partial charge in [-0.25, -0.2) is 9.29 Å². The van der Waals surface area contributed by atoms with Gasteiger partial charge in [-0.15, -0.1) is 0 Å². The fraction of sp³-hybridized carbons (Fsp3) is 0.348. The lowest BCUT2D eigenvalue weighted by Gasteiger charge is -2.36. The van der Waals surface area contributed by atoms with Gasteiger partial charge in [-0.2, -0.15) is 0 Å². The Hall–Kier alpha value is -2.58. The number of carbonyl (C=O) groups excluding carboxylic acids is 3. The van der Waals surface area contributed by atoms with Crippen LogP contribution in [0.5, 0.6) is 0 Å². The first-order valence-corrected chi connectivity index (χ1v) is 11.2. The highest BCUT2D eigenvalue weighted by molar-refractivity contribution is 9.10. The average Bonchev–Trinajstić information content (AvgIpc) is 3.42. The number of carbonyl (C=O) groups is 3. The molecule has 0 unspecified atom stereocenters. The third-order valence-corrected chi connectivity index (χ3v) is 7.93. The van der Waals surface area contributed by atoms with Crippen LogP contribution in [-0.2, 0) is 19.9 Å². The summed E-state index contributed by atoms with van der Waals surface area (Å²) in [6.45, 7) is 2.52. The topological polar surface area (TPSA) is 69.7 Å². The second-order valence-corrected chi connectivity index (χ2v) is 9.64. The molecule has 1 N–H and O–H groups in total. The highest BCUT2D eigenvalue weighted by Gasteiger charge is 2.74. The number of halogens is 2. The zero-order chi connectivity index (χ0) is 21.7. The summed E-state index contributed by atoms with van der Waals surface area (Å²) in [5.41, 5.74) is 1.08. The molecule has 31 heavy (non-hydrogen) atoms. The Kier molecular flexibility index (Phi) is 3.85. The minimum absolute atomic E-state index is 0.226. The van der Waals surface area contributed by atoms with Crippen molar-refractivity contribution in [2.75, 3.05) is 16.8 Å². The van der Waals surface area contributed by atoms with E-state index < -0.39 is 29.1 Å². The highest BCUT2D eigenvalue weighted by atomic mass is 79.9. The largest absolute Gasteiger partial charge is 0.324 e. The van der Waals surface area contributed by atoms with E-state index in [0.29, 0.717) is 28.0 Å². The number of nitrogens with zero attached hydrogens (tertiary/aromatic N) is 2. The van der Waals surface area contributed by atoms with Crippen LogP contribution in [0.4, 0.5) is 15.8 Å². The van der Waals surface area contributed by atoms with Crippen molar-refractivity contribution in [3.05, 3.63) is 57.8 Å². The standard InChI is InChI=1S/C23H19BrFN3O3/c1-11-4-7-16(14(24)9-11)28-20(29)18-17-3-2-8-27(17)23(19(18)21(28)30)13-10-12(25)5-6-15(13)26-22(23)31/h4-7,9-10,17-19H,2-3,8H2,1H3,(H,26,31)/t17-,18+,19-,23+/m0/s1. The molecule has 8 heteroatoms. The molecule has 0 bridgehead atoms. The summed E-state index contributed by atoms with van der Waals surface area (Å²) in [6, 6.07) is 9.39. The number of benzene rings is 2. The van der Waals surface area contributed by atoms with Gasteiger partial charge >= 0.3 is 0 Å². The minimum Gasteiger partial charge on any atom is -0.324 e. The molecule has 1 spiro atoms. The van der Waals surface area contributed by atoms with Crippen molar-refractivity contribution in [1.29, 1.82) is 0 Å². The summed E-state index contributed by atoms with van der Waals surface area (Å²) >= 11 is 3.49. The van der Waals surface area contributed by atoms with Gasteiger partial charge in [0.1, 0.15) is 11.4 Å². The molecule has 4 heterocycles. The predicted molar refractivity (Wildman–Crippen MR) is 115 cm³/mol. The molecule has 6 nitrogen and oxygen atoms in total.